The topological polar surface area (TPSA) is 102 Å². The summed E-state index contributed by atoms with van der Waals surface area (Å²) < 4.78 is 23.6. The van der Waals surface area contributed by atoms with Gasteiger partial charge in [0.1, 0.15) is 0 Å². The third-order valence-corrected chi connectivity index (χ3v) is 3.07. The average molecular weight is 342 g/mol. The van der Waals surface area contributed by atoms with Crippen molar-refractivity contribution < 1.29 is 23.6 Å². The SMILES string of the molecule is COC(=O)/C=C/c1ccc(Oc2ccc(C#N)cc2F)c([N+](=O)[O-])c1. The molecule has 126 valence electrons. The molecule has 0 atom stereocenters. The Morgan fingerprint density at radius 1 is 1.28 bits per heavy atom. The number of nitriles is 1. The zero-order valence-electron chi connectivity index (χ0n) is 12.9. The van der Waals surface area contributed by atoms with Crippen LogP contribution in [0.3, 0.4) is 0 Å². The van der Waals surface area contributed by atoms with Gasteiger partial charge in [-0.3, -0.25) is 10.1 Å². The highest BCUT2D eigenvalue weighted by atomic mass is 19.1. The number of methoxy groups -OCH3 is 1. The van der Waals surface area contributed by atoms with Gasteiger partial charge in [0.25, 0.3) is 0 Å². The lowest BCUT2D eigenvalue weighted by Gasteiger charge is -2.08. The van der Waals surface area contributed by atoms with E-state index in [9.17, 15) is 19.3 Å². The van der Waals surface area contributed by atoms with E-state index in [0.717, 1.165) is 12.1 Å². The number of hydrogen-bond donors (Lipinski definition) is 0. The first kappa shape index (κ1) is 17.6. The molecule has 0 aliphatic rings. The number of esters is 1. The van der Waals surface area contributed by atoms with E-state index < -0.39 is 22.4 Å². The third-order valence-electron chi connectivity index (χ3n) is 3.07. The summed E-state index contributed by atoms with van der Waals surface area (Å²) in [7, 11) is 1.21. The number of halogens is 1. The molecule has 0 unspecified atom stereocenters. The van der Waals surface area contributed by atoms with Gasteiger partial charge in [-0.2, -0.15) is 5.26 Å². The van der Waals surface area contributed by atoms with Gasteiger partial charge in [0.15, 0.2) is 11.6 Å². The predicted molar refractivity (Wildman–Crippen MR) is 85.3 cm³/mol. The Kier molecular flexibility index (Phi) is 5.43. The van der Waals surface area contributed by atoms with Crippen LogP contribution in [0.2, 0.25) is 0 Å². The van der Waals surface area contributed by atoms with E-state index in [4.69, 9.17) is 10.00 Å². The molecule has 8 heteroatoms. The van der Waals surface area contributed by atoms with E-state index in [0.29, 0.717) is 5.56 Å². The molecule has 2 aromatic rings. The summed E-state index contributed by atoms with van der Waals surface area (Å²) in [5.74, 6) is -1.85. The number of nitro benzene ring substituents is 1. The van der Waals surface area contributed by atoms with Crippen molar-refractivity contribution in [3.8, 4) is 17.6 Å². The van der Waals surface area contributed by atoms with Crippen molar-refractivity contribution in [1.82, 2.24) is 0 Å². The molecule has 0 heterocycles. The summed E-state index contributed by atoms with van der Waals surface area (Å²) in [6.07, 6.45) is 2.45. The van der Waals surface area contributed by atoms with Crippen molar-refractivity contribution in [3.63, 3.8) is 0 Å². The molecule has 7 nitrogen and oxygen atoms in total. The number of carbonyl (C=O) groups excluding carboxylic acids is 1. The largest absolute Gasteiger partial charge is 0.466 e. The van der Waals surface area contributed by atoms with Crippen LogP contribution < -0.4 is 4.74 Å². The molecule has 0 saturated carbocycles. The summed E-state index contributed by atoms with van der Waals surface area (Å²) in [4.78, 5) is 21.6. The van der Waals surface area contributed by atoms with Gasteiger partial charge in [0.05, 0.1) is 23.7 Å². The van der Waals surface area contributed by atoms with E-state index in [-0.39, 0.29) is 17.1 Å². The van der Waals surface area contributed by atoms with Gasteiger partial charge in [-0.05, 0) is 35.9 Å². The third kappa shape index (κ3) is 4.39. The van der Waals surface area contributed by atoms with Crippen LogP contribution in [-0.2, 0) is 9.53 Å². The van der Waals surface area contributed by atoms with Crippen LogP contribution in [0, 0.1) is 27.3 Å². The lowest BCUT2D eigenvalue weighted by atomic mass is 10.1. The Morgan fingerprint density at radius 3 is 2.60 bits per heavy atom. The Hall–Kier alpha value is -3.73. The summed E-state index contributed by atoms with van der Waals surface area (Å²) >= 11 is 0. The summed E-state index contributed by atoms with van der Waals surface area (Å²) in [6, 6.07) is 9.21. The van der Waals surface area contributed by atoms with Gasteiger partial charge < -0.3 is 9.47 Å². The van der Waals surface area contributed by atoms with Gasteiger partial charge in [-0.15, -0.1) is 0 Å². The maximum Gasteiger partial charge on any atom is 0.330 e. The van der Waals surface area contributed by atoms with Crippen LogP contribution >= 0.6 is 0 Å². The minimum atomic E-state index is -0.817. The van der Waals surface area contributed by atoms with Crippen LogP contribution in [0.25, 0.3) is 6.08 Å². The van der Waals surface area contributed by atoms with E-state index in [1.54, 1.807) is 6.07 Å². The molecule has 0 spiro atoms. The number of rotatable bonds is 5. The molecule has 0 fully saturated rings. The lowest BCUT2D eigenvalue weighted by Crippen LogP contribution is -1.96. The Labute approximate surface area is 141 Å². The molecule has 0 aliphatic carbocycles. The quantitative estimate of drug-likeness (QED) is 0.356. The first-order valence-corrected chi connectivity index (χ1v) is 6.86. The van der Waals surface area contributed by atoms with Crippen molar-refractivity contribution in [2.75, 3.05) is 7.11 Å². The average Bonchev–Trinajstić information content (AvgIpc) is 2.61. The number of hydrogen-bond acceptors (Lipinski definition) is 6. The van der Waals surface area contributed by atoms with Crippen molar-refractivity contribution in [1.29, 1.82) is 5.26 Å². The monoisotopic (exact) mass is 342 g/mol. The maximum absolute atomic E-state index is 13.9. The van der Waals surface area contributed by atoms with Crippen molar-refractivity contribution in [2.45, 2.75) is 0 Å². The molecule has 2 aromatic carbocycles. The van der Waals surface area contributed by atoms with Gasteiger partial charge >= 0.3 is 11.7 Å². The highest BCUT2D eigenvalue weighted by Gasteiger charge is 2.18. The van der Waals surface area contributed by atoms with E-state index >= 15 is 0 Å². The van der Waals surface area contributed by atoms with Gasteiger partial charge in [-0.1, -0.05) is 6.07 Å². The normalized spacial score (nSPS) is 10.3. The minimum Gasteiger partial charge on any atom is -0.466 e. The number of carbonyl (C=O) groups is 1. The first-order chi connectivity index (χ1) is 11.9. The second-order valence-corrected chi connectivity index (χ2v) is 4.70. The van der Waals surface area contributed by atoms with Gasteiger partial charge in [-0.25, -0.2) is 9.18 Å². The van der Waals surface area contributed by atoms with E-state index in [1.807, 2.05) is 0 Å². The molecule has 0 N–H and O–H groups in total. The highest BCUT2D eigenvalue weighted by molar-refractivity contribution is 5.87. The Morgan fingerprint density at radius 2 is 2.00 bits per heavy atom. The number of benzene rings is 2. The van der Waals surface area contributed by atoms with Gasteiger partial charge in [0.2, 0.25) is 5.75 Å². The summed E-state index contributed by atoms with van der Waals surface area (Å²) in [5.41, 5.74) is 0.0585. The van der Waals surface area contributed by atoms with Crippen LogP contribution in [-0.4, -0.2) is 18.0 Å². The fourth-order valence-corrected chi connectivity index (χ4v) is 1.87. The summed E-state index contributed by atoms with van der Waals surface area (Å²) in [6.45, 7) is 0. The molecule has 2 rings (SSSR count). The zero-order valence-corrected chi connectivity index (χ0v) is 12.9. The molecule has 0 amide bonds. The molecule has 0 radical (unpaired) electrons. The fourth-order valence-electron chi connectivity index (χ4n) is 1.87. The lowest BCUT2D eigenvalue weighted by molar-refractivity contribution is -0.385. The van der Waals surface area contributed by atoms with Crippen molar-refractivity contribution in [3.05, 3.63) is 69.5 Å². The van der Waals surface area contributed by atoms with E-state index in [1.165, 1.54) is 43.5 Å². The number of nitro groups is 1. The Bertz CT molecular complexity index is 902. The molecule has 0 aromatic heterocycles. The smallest absolute Gasteiger partial charge is 0.330 e. The molecule has 0 bridgehead atoms. The van der Waals surface area contributed by atoms with Gasteiger partial charge in [0, 0.05) is 12.1 Å². The minimum absolute atomic E-state index is 0.0997. The first-order valence-electron chi connectivity index (χ1n) is 6.86. The molecule has 25 heavy (non-hydrogen) atoms. The summed E-state index contributed by atoms with van der Waals surface area (Å²) in [5, 5.41) is 19.9. The van der Waals surface area contributed by atoms with Crippen LogP contribution in [0.5, 0.6) is 11.5 Å². The van der Waals surface area contributed by atoms with Crippen molar-refractivity contribution >= 4 is 17.7 Å². The van der Waals surface area contributed by atoms with Crippen LogP contribution in [0.1, 0.15) is 11.1 Å². The van der Waals surface area contributed by atoms with Crippen LogP contribution in [0.4, 0.5) is 10.1 Å². The number of nitrogens with zero attached hydrogens (tertiary/aromatic N) is 2. The Balaban J connectivity index is 2.35. The zero-order chi connectivity index (χ0) is 18.4. The van der Waals surface area contributed by atoms with Crippen molar-refractivity contribution in [2.24, 2.45) is 0 Å². The highest BCUT2D eigenvalue weighted by Crippen LogP contribution is 2.33. The number of ether oxygens (including phenoxy) is 2. The maximum atomic E-state index is 13.9. The molecular weight excluding hydrogens is 331 g/mol. The van der Waals surface area contributed by atoms with E-state index in [2.05, 4.69) is 4.74 Å². The van der Waals surface area contributed by atoms with Crippen LogP contribution in [0.15, 0.2) is 42.5 Å². The fraction of sp³-hybridized carbons (Fsp3) is 0.0588. The molecule has 0 aliphatic heterocycles. The standard InChI is InChI=1S/C17H11FN2O5/c1-24-17(21)7-4-11-2-6-16(14(9-11)20(22)23)25-15-5-3-12(10-19)8-13(15)18/h2-9H,1H3/b7-4+. The predicted octanol–water partition coefficient (Wildman–Crippen LogP) is 3.58. The molecule has 0 saturated heterocycles. The second kappa shape index (κ2) is 7.70. The molecular formula is C17H11FN2O5. The second-order valence-electron chi connectivity index (χ2n) is 4.70.